The molecule has 0 bridgehead atoms. The molecule has 154 valence electrons. The molecule has 1 heterocycles. The molecule has 2 aromatic carbocycles. The van der Waals surface area contributed by atoms with Gasteiger partial charge in [0.05, 0.1) is 18.7 Å². The van der Waals surface area contributed by atoms with Crippen molar-refractivity contribution in [1.29, 1.82) is 0 Å². The van der Waals surface area contributed by atoms with E-state index < -0.39 is 5.91 Å². The smallest absolute Gasteiger partial charge is 0.311 e. The Bertz CT molecular complexity index is 1050. The first-order valence-corrected chi connectivity index (χ1v) is 9.91. The Morgan fingerprint density at radius 3 is 2.17 bits per heavy atom. The van der Waals surface area contributed by atoms with Gasteiger partial charge < -0.3 is 15.2 Å². The van der Waals surface area contributed by atoms with E-state index >= 15 is 0 Å². The van der Waals surface area contributed by atoms with E-state index in [1.54, 1.807) is 60.8 Å². The molecule has 3 rings (SSSR count). The molecule has 0 fully saturated rings. The molecule has 0 aliphatic carbocycles. The number of hydrogen-bond donors (Lipinski definition) is 2. The van der Waals surface area contributed by atoms with Crippen LogP contribution in [0.2, 0.25) is 0 Å². The van der Waals surface area contributed by atoms with Crippen molar-refractivity contribution in [1.82, 2.24) is 4.98 Å². The molecule has 3 aromatic rings. The van der Waals surface area contributed by atoms with Crippen LogP contribution in [0.5, 0.6) is 11.5 Å². The number of ether oxygens (including phenoxy) is 2. The molecule has 30 heavy (non-hydrogen) atoms. The first kappa shape index (κ1) is 21.0. The largest absolute Gasteiger partial charge is 0.466 e. The van der Waals surface area contributed by atoms with Gasteiger partial charge >= 0.3 is 5.97 Å². The summed E-state index contributed by atoms with van der Waals surface area (Å²) in [6.07, 6.45) is 0.0622. The molecule has 2 amide bonds. The van der Waals surface area contributed by atoms with Gasteiger partial charge in [-0.2, -0.15) is 0 Å². The second-order valence-corrected chi connectivity index (χ2v) is 6.95. The van der Waals surface area contributed by atoms with Crippen LogP contribution in [0.1, 0.15) is 33.3 Å². The molecule has 0 saturated carbocycles. The minimum atomic E-state index is -0.509. The number of hydrogen-bond acceptors (Lipinski definition) is 7. The van der Waals surface area contributed by atoms with Crippen molar-refractivity contribution >= 4 is 34.3 Å². The molecule has 0 saturated heterocycles. The third kappa shape index (κ3) is 5.65. The molecule has 0 aliphatic rings. The van der Waals surface area contributed by atoms with Crippen molar-refractivity contribution in [3.05, 3.63) is 70.7 Å². The molecule has 0 spiro atoms. The van der Waals surface area contributed by atoms with Crippen LogP contribution in [0, 0.1) is 0 Å². The fourth-order valence-corrected chi connectivity index (χ4v) is 3.18. The highest BCUT2D eigenvalue weighted by molar-refractivity contribution is 7.14. The van der Waals surface area contributed by atoms with Crippen molar-refractivity contribution in [2.24, 2.45) is 5.73 Å². The van der Waals surface area contributed by atoms with E-state index in [0.29, 0.717) is 40.1 Å². The standard InChI is InChI=1S/C21H19N3O5S/c1-2-28-18(25)11-15-12-30-21(23-15)24-20(27)14-5-9-17(10-6-14)29-16-7-3-13(4-8-16)19(22)26/h3-10,12H,2,11H2,1H3,(H2,22,26)(H,23,24,27). The van der Waals surface area contributed by atoms with Crippen LogP contribution >= 0.6 is 11.3 Å². The maximum Gasteiger partial charge on any atom is 0.311 e. The Labute approximate surface area is 176 Å². The minimum Gasteiger partial charge on any atom is -0.466 e. The van der Waals surface area contributed by atoms with E-state index in [2.05, 4.69) is 10.3 Å². The van der Waals surface area contributed by atoms with Crippen LogP contribution in [0.4, 0.5) is 5.13 Å². The van der Waals surface area contributed by atoms with Crippen molar-refractivity contribution in [2.45, 2.75) is 13.3 Å². The summed E-state index contributed by atoms with van der Waals surface area (Å²) in [7, 11) is 0. The predicted molar refractivity (Wildman–Crippen MR) is 112 cm³/mol. The molecule has 0 radical (unpaired) electrons. The molecule has 8 nitrogen and oxygen atoms in total. The summed E-state index contributed by atoms with van der Waals surface area (Å²) >= 11 is 1.23. The van der Waals surface area contributed by atoms with Gasteiger partial charge in [-0.25, -0.2) is 4.98 Å². The van der Waals surface area contributed by atoms with Gasteiger partial charge in [-0.1, -0.05) is 0 Å². The van der Waals surface area contributed by atoms with E-state index in [0.717, 1.165) is 0 Å². The lowest BCUT2D eigenvalue weighted by Crippen LogP contribution is -2.12. The minimum absolute atomic E-state index is 0.0622. The zero-order chi connectivity index (χ0) is 21.5. The summed E-state index contributed by atoms with van der Waals surface area (Å²) in [5.41, 5.74) is 6.57. The number of carbonyl (C=O) groups excluding carboxylic acids is 3. The number of esters is 1. The SMILES string of the molecule is CCOC(=O)Cc1csc(NC(=O)c2ccc(Oc3ccc(C(N)=O)cc3)cc2)n1. The molecule has 0 aliphatic heterocycles. The van der Waals surface area contributed by atoms with Crippen molar-refractivity contribution < 1.29 is 23.9 Å². The Morgan fingerprint density at radius 1 is 1.00 bits per heavy atom. The number of amides is 2. The molecular formula is C21H19N3O5S. The number of thiazole rings is 1. The third-order valence-corrected chi connectivity index (χ3v) is 4.70. The summed E-state index contributed by atoms with van der Waals surface area (Å²) in [6.45, 7) is 2.05. The normalized spacial score (nSPS) is 10.3. The quantitative estimate of drug-likeness (QED) is 0.534. The van der Waals surface area contributed by atoms with Crippen LogP contribution in [-0.2, 0) is 16.0 Å². The van der Waals surface area contributed by atoms with Gasteiger partial charge in [-0.05, 0) is 55.5 Å². The fraction of sp³-hybridized carbons (Fsp3) is 0.143. The Morgan fingerprint density at radius 2 is 1.60 bits per heavy atom. The summed E-state index contributed by atoms with van der Waals surface area (Å²) in [5.74, 6) is -0.131. The predicted octanol–water partition coefficient (Wildman–Crippen LogP) is 3.39. The number of carbonyl (C=O) groups is 3. The fourth-order valence-electron chi connectivity index (χ4n) is 2.47. The van der Waals surface area contributed by atoms with Crippen molar-refractivity contribution in [2.75, 3.05) is 11.9 Å². The molecule has 0 unspecified atom stereocenters. The Balaban J connectivity index is 1.58. The number of nitrogens with zero attached hydrogens (tertiary/aromatic N) is 1. The lowest BCUT2D eigenvalue weighted by molar-refractivity contribution is -0.142. The number of aromatic nitrogens is 1. The van der Waals surface area contributed by atoms with E-state index in [4.69, 9.17) is 15.2 Å². The van der Waals surface area contributed by atoms with Crippen LogP contribution < -0.4 is 15.8 Å². The average Bonchev–Trinajstić information content (AvgIpc) is 3.15. The maximum atomic E-state index is 12.4. The Hall–Kier alpha value is -3.72. The van der Waals surface area contributed by atoms with Gasteiger partial charge in [0.1, 0.15) is 11.5 Å². The van der Waals surface area contributed by atoms with E-state index in [1.165, 1.54) is 11.3 Å². The lowest BCUT2D eigenvalue weighted by Gasteiger charge is -2.07. The van der Waals surface area contributed by atoms with Gasteiger partial charge in [0.2, 0.25) is 5.91 Å². The second-order valence-electron chi connectivity index (χ2n) is 6.09. The Kier molecular flexibility index (Phi) is 6.76. The zero-order valence-corrected chi connectivity index (χ0v) is 16.9. The molecule has 0 atom stereocenters. The van der Waals surface area contributed by atoms with Gasteiger partial charge in [0.25, 0.3) is 5.91 Å². The molecule has 3 N–H and O–H groups in total. The van der Waals surface area contributed by atoms with Gasteiger partial charge in [0.15, 0.2) is 5.13 Å². The van der Waals surface area contributed by atoms with E-state index in [1.807, 2.05) is 0 Å². The third-order valence-electron chi connectivity index (χ3n) is 3.89. The number of nitrogens with two attached hydrogens (primary N) is 1. The van der Waals surface area contributed by atoms with Crippen LogP contribution in [-0.4, -0.2) is 29.4 Å². The van der Waals surface area contributed by atoms with Crippen molar-refractivity contribution in [3.63, 3.8) is 0 Å². The van der Waals surface area contributed by atoms with Crippen LogP contribution in [0.3, 0.4) is 0 Å². The monoisotopic (exact) mass is 425 g/mol. The average molecular weight is 425 g/mol. The first-order valence-electron chi connectivity index (χ1n) is 9.03. The second kappa shape index (κ2) is 9.66. The number of nitrogens with one attached hydrogen (secondary N) is 1. The van der Waals surface area contributed by atoms with Gasteiger partial charge in [-0.3, -0.25) is 19.7 Å². The summed E-state index contributed by atoms with van der Waals surface area (Å²) < 4.78 is 10.6. The summed E-state index contributed by atoms with van der Waals surface area (Å²) in [6, 6.07) is 13.0. The van der Waals surface area contributed by atoms with Crippen molar-refractivity contribution in [3.8, 4) is 11.5 Å². The van der Waals surface area contributed by atoms with E-state index in [-0.39, 0.29) is 18.3 Å². The summed E-state index contributed by atoms with van der Waals surface area (Å²) in [4.78, 5) is 39.2. The number of anilines is 1. The maximum absolute atomic E-state index is 12.4. The lowest BCUT2D eigenvalue weighted by atomic mass is 10.2. The number of benzene rings is 2. The van der Waals surface area contributed by atoms with Gasteiger partial charge in [0, 0.05) is 16.5 Å². The zero-order valence-electron chi connectivity index (χ0n) is 16.1. The van der Waals surface area contributed by atoms with Gasteiger partial charge in [-0.15, -0.1) is 11.3 Å². The topological polar surface area (TPSA) is 121 Å². The molecule has 9 heteroatoms. The highest BCUT2D eigenvalue weighted by Gasteiger charge is 2.12. The van der Waals surface area contributed by atoms with Crippen LogP contribution in [0.15, 0.2) is 53.9 Å². The number of primary amides is 1. The number of rotatable bonds is 8. The molecule has 1 aromatic heterocycles. The molecular weight excluding hydrogens is 406 g/mol. The van der Waals surface area contributed by atoms with Crippen LogP contribution in [0.25, 0.3) is 0 Å². The van der Waals surface area contributed by atoms with E-state index in [9.17, 15) is 14.4 Å². The highest BCUT2D eigenvalue weighted by Crippen LogP contribution is 2.23. The highest BCUT2D eigenvalue weighted by atomic mass is 32.1. The summed E-state index contributed by atoms with van der Waals surface area (Å²) in [5, 5.41) is 4.80. The first-order chi connectivity index (χ1) is 14.4.